The van der Waals surface area contributed by atoms with Gasteiger partial charge in [-0.2, -0.15) is 0 Å². The summed E-state index contributed by atoms with van der Waals surface area (Å²) in [7, 11) is 0. The van der Waals surface area contributed by atoms with Gasteiger partial charge in [0.05, 0.1) is 27.8 Å². The highest BCUT2D eigenvalue weighted by Crippen LogP contribution is 2.43. The smallest absolute Gasteiger partial charge is 0.171 e. The van der Waals surface area contributed by atoms with Gasteiger partial charge in [-0.3, -0.25) is 4.57 Å². The number of aromatic nitrogens is 5. The third-order valence-electron chi connectivity index (χ3n) is 12.4. The molecule has 0 radical (unpaired) electrons. The van der Waals surface area contributed by atoms with Crippen molar-refractivity contribution < 1.29 is 4.42 Å². The molecule has 0 unspecified atom stereocenters. The molecule has 13 aromatic rings. The van der Waals surface area contributed by atoms with Crippen LogP contribution in [0.2, 0.25) is 0 Å². The van der Waals surface area contributed by atoms with Crippen LogP contribution in [-0.4, -0.2) is 23.9 Å². The predicted molar refractivity (Wildman–Crippen MR) is 254 cm³/mol. The van der Waals surface area contributed by atoms with Gasteiger partial charge < -0.3 is 13.6 Å². The van der Waals surface area contributed by atoms with Crippen LogP contribution in [0.4, 0.5) is 0 Å². The first-order chi connectivity index (χ1) is 30.8. The maximum Gasteiger partial charge on any atom is 0.171 e. The van der Waals surface area contributed by atoms with Crippen molar-refractivity contribution in [2.75, 3.05) is 0 Å². The first-order valence-corrected chi connectivity index (χ1v) is 20.9. The lowest BCUT2D eigenvalue weighted by Crippen LogP contribution is -2.02. The Kier molecular flexibility index (Phi) is 7.50. The topological polar surface area (TPSA) is 53.7 Å². The first kappa shape index (κ1) is 34.4. The Morgan fingerprint density at radius 2 is 0.919 bits per heavy atom. The van der Waals surface area contributed by atoms with Crippen LogP contribution in [-0.2, 0) is 0 Å². The monoisotopic (exact) mass is 793 g/mol. The number of nitrogens with zero attached hydrogens (tertiary/aromatic N) is 5. The minimum absolute atomic E-state index is 0.774. The van der Waals surface area contributed by atoms with E-state index in [2.05, 4.69) is 190 Å². The molecule has 0 atom stereocenters. The van der Waals surface area contributed by atoms with E-state index in [-0.39, 0.29) is 0 Å². The van der Waals surface area contributed by atoms with Crippen molar-refractivity contribution in [1.29, 1.82) is 0 Å². The van der Waals surface area contributed by atoms with E-state index in [9.17, 15) is 0 Å². The Labute approximate surface area is 355 Å². The number of para-hydroxylation sites is 6. The van der Waals surface area contributed by atoms with Crippen LogP contribution in [0.1, 0.15) is 0 Å². The molecule has 9 aromatic carbocycles. The zero-order valence-electron chi connectivity index (χ0n) is 33.4. The summed E-state index contributed by atoms with van der Waals surface area (Å²) in [6.45, 7) is 0. The number of furan rings is 1. The fourth-order valence-electron chi connectivity index (χ4n) is 9.69. The Hall–Kier alpha value is -8.48. The molecule has 0 fully saturated rings. The summed E-state index contributed by atoms with van der Waals surface area (Å²) < 4.78 is 13.4. The minimum atomic E-state index is 0.774. The lowest BCUT2D eigenvalue weighted by Gasteiger charge is -2.16. The normalized spacial score (nSPS) is 11.9. The van der Waals surface area contributed by atoms with Crippen molar-refractivity contribution in [2.45, 2.75) is 0 Å². The third-order valence-corrected chi connectivity index (χ3v) is 12.4. The predicted octanol–water partition coefficient (Wildman–Crippen LogP) is 14.4. The maximum absolute atomic E-state index is 6.46. The van der Waals surface area contributed by atoms with E-state index in [1.165, 1.54) is 16.2 Å². The molecule has 0 aliphatic carbocycles. The number of benzene rings is 9. The molecule has 4 aromatic heterocycles. The second kappa shape index (κ2) is 13.5. The molecule has 0 aliphatic heterocycles. The SMILES string of the molecule is c1ccc(-c2nnc(-c3cccc4c5ccccc5n(-c5cccc(-c6ccccc6-n6c7ccccc7c7cc8c(cc76)oc6ccccc68)c5)c34)n2-c2ccccc2)cc1. The fourth-order valence-corrected chi connectivity index (χ4v) is 9.69. The first-order valence-electron chi connectivity index (χ1n) is 20.9. The second-order valence-corrected chi connectivity index (χ2v) is 15.8. The van der Waals surface area contributed by atoms with Crippen molar-refractivity contribution in [3.05, 3.63) is 212 Å². The molecular weight excluding hydrogens is 759 g/mol. The van der Waals surface area contributed by atoms with Gasteiger partial charge in [0.15, 0.2) is 11.6 Å². The summed E-state index contributed by atoms with van der Waals surface area (Å²) in [5, 5.41) is 16.8. The molecule has 0 saturated heterocycles. The van der Waals surface area contributed by atoms with Crippen molar-refractivity contribution >= 4 is 65.6 Å². The largest absolute Gasteiger partial charge is 0.456 e. The highest BCUT2D eigenvalue weighted by molar-refractivity contribution is 6.18. The fraction of sp³-hybridized carbons (Fsp3) is 0. The van der Waals surface area contributed by atoms with Gasteiger partial charge in [0.2, 0.25) is 0 Å². The quantitative estimate of drug-likeness (QED) is 0.168. The highest BCUT2D eigenvalue weighted by atomic mass is 16.3. The van der Waals surface area contributed by atoms with Crippen molar-refractivity contribution in [3.63, 3.8) is 0 Å². The van der Waals surface area contributed by atoms with Gasteiger partial charge in [-0.25, -0.2) is 0 Å². The van der Waals surface area contributed by atoms with E-state index in [1.54, 1.807) is 0 Å². The Balaban J connectivity index is 1.04. The van der Waals surface area contributed by atoms with Crippen LogP contribution in [0.25, 0.3) is 117 Å². The average molecular weight is 794 g/mol. The third kappa shape index (κ3) is 5.10. The van der Waals surface area contributed by atoms with Crippen LogP contribution in [0, 0.1) is 0 Å². The van der Waals surface area contributed by atoms with Crippen molar-refractivity contribution in [1.82, 2.24) is 23.9 Å². The maximum atomic E-state index is 6.46. The zero-order valence-corrected chi connectivity index (χ0v) is 33.4. The minimum Gasteiger partial charge on any atom is -0.456 e. The van der Waals surface area contributed by atoms with Gasteiger partial charge in [-0.1, -0.05) is 146 Å². The van der Waals surface area contributed by atoms with E-state index >= 15 is 0 Å². The van der Waals surface area contributed by atoms with E-state index in [4.69, 9.17) is 14.6 Å². The summed E-state index contributed by atoms with van der Waals surface area (Å²) in [6, 6.07) is 75.1. The molecule has 0 bridgehead atoms. The number of hydrogen-bond donors (Lipinski definition) is 0. The zero-order chi connectivity index (χ0) is 40.7. The molecular formula is C56H35N5O. The number of fused-ring (bicyclic) bond motifs is 9. The van der Waals surface area contributed by atoms with Crippen molar-refractivity contribution in [3.8, 4) is 51.0 Å². The summed E-state index contributed by atoms with van der Waals surface area (Å²) in [5.41, 5.74) is 13.6. The standard InChI is InChI=1S/C56H35N5O/c1-3-17-36(18-4-1)55-57-58-56(60(55)38-20-5-2-6-21-38)45-28-16-27-44-41-24-8-12-30-49(41)59(54(44)45)39-22-15-19-37(33-39)40-23-7-11-29-48(40)61-50-31-13-9-25-42(50)46-34-47-43-26-10-14-32-52(43)62-53(47)35-51(46)61/h1-35H. The van der Waals surface area contributed by atoms with Crippen LogP contribution < -0.4 is 0 Å². The molecule has 6 nitrogen and oxygen atoms in total. The lowest BCUT2D eigenvalue weighted by atomic mass is 10.0. The Morgan fingerprint density at radius 3 is 1.76 bits per heavy atom. The van der Waals surface area contributed by atoms with Crippen LogP contribution in [0.15, 0.2) is 217 Å². The molecule has 13 rings (SSSR count). The number of hydrogen-bond acceptors (Lipinski definition) is 3. The molecule has 0 amide bonds. The van der Waals surface area contributed by atoms with Gasteiger partial charge >= 0.3 is 0 Å². The average Bonchev–Trinajstić information content (AvgIpc) is 4.11. The molecule has 62 heavy (non-hydrogen) atoms. The van der Waals surface area contributed by atoms with E-state index in [0.29, 0.717) is 0 Å². The van der Waals surface area contributed by atoms with E-state index in [0.717, 1.165) is 100 Å². The molecule has 4 heterocycles. The highest BCUT2D eigenvalue weighted by Gasteiger charge is 2.24. The van der Waals surface area contributed by atoms with Crippen LogP contribution in [0.5, 0.6) is 0 Å². The van der Waals surface area contributed by atoms with Gasteiger partial charge in [-0.05, 0) is 66.2 Å². The summed E-state index contributed by atoms with van der Waals surface area (Å²) in [4.78, 5) is 0. The van der Waals surface area contributed by atoms with Crippen LogP contribution >= 0.6 is 0 Å². The van der Waals surface area contributed by atoms with Gasteiger partial charge in [0, 0.05) is 66.4 Å². The second-order valence-electron chi connectivity index (χ2n) is 15.8. The van der Waals surface area contributed by atoms with Gasteiger partial charge in [0.1, 0.15) is 11.2 Å². The summed E-state index contributed by atoms with van der Waals surface area (Å²) in [6.07, 6.45) is 0. The molecule has 0 N–H and O–H groups in total. The molecule has 290 valence electrons. The summed E-state index contributed by atoms with van der Waals surface area (Å²) >= 11 is 0. The van der Waals surface area contributed by atoms with E-state index < -0.39 is 0 Å². The Bertz CT molecular complexity index is 3870. The molecule has 0 aliphatic rings. The van der Waals surface area contributed by atoms with E-state index in [1.807, 2.05) is 36.4 Å². The molecule has 6 heteroatoms. The number of rotatable bonds is 6. The molecule has 0 saturated carbocycles. The van der Waals surface area contributed by atoms with Crippen molar-refractivity contribution in [2.24, 2.45) is 0 Å². The van der Waals surface area contributed by atoms with Gasteiger partial charge in [-0.15, -0.1) is 10.2 Å². The lowest BCUT2D eigenvalue weighted by molar-refractivity contribution is 0.669. The Morgan fingerprint density at radius 1 is 0.323 bits per heavy atom. The van der Waals surface area contributed by atoms with Gasteiger partial charge in [0.25, 0.3) is 0 Å². The summed E-state index contributed by atoms with van der Waals surface area (Å²) in [5.74, 6) is 1.56. The van der Waals surface area contributed by atoms with Crippen LogP contribution in [0.3, 0.4) is 0 Å². The molecule has 0 spiro atoms.